The van der Waals surface area contributed by atoms with Crippen LogP contribution in [0.15, 0.2) is 97.1 Å². The standard InChI is InChI=1S/C49H65OP.C29H35IO.C2H6/c1-29(2)40-22-41(30(3)4)46(44(31(5)6)45(40)39-12-10-9-11-13-39)42-14-32(7)15-43(50-8)47(42)51(48-23-33-16-34(24-48)18-35(17-33)25-48)49-26-36-19-37(27-49)21-38(20-36)28-49;1-17(2)22-16-23(18(3)4)28(24-14-20(7)15-25(31-8)29(24)30)26(19(5)6)27(22)21-12-10-9-11-13-21;1-2/h9-15,22,29-31,33-38H,16-21,23-28H2,1-8H3;9-19H,1-8H3;1-2H3. The van der Waals surface area contributed by atoms with Gasteiger partial charge in [-0.2, -0.15) is 0 Å². The molecule has 0 aromatic heterocycles. The molecule has 14 rings (SSSR count). The van der Waals surface area contributed by atoms with Crippen molar-refractivity contribution in [1.29, 1.82) is 0 Å². The van der Waals surface area contributed by atoms with Crippen LogP contribution in [0, 0.1) is 52.9 Å². The average molecular weight is 1260 g/mol. The monoisotopic (exact) mass is 1260 g/mol. The van der Waals surface area contributed by atoms with Crippen molar-refractivity contribution in [2.24, 2.45) is 35.5 Å². The van der Waals surface area contributed by atoms with Gasteiger partial charge in [0.2, 0.25) is 0 Å². The molecule has 0 heterocycles. The molecule has 6 aromatic rings. The van der Waals surface area contributed by atoms with Gasteiger partial charge in [-0.25, -0.2) is 0 Å². The highest BCUT2D eigenvalue weighted by atomic mass is 127. The van der Waals surface area contributed by atoms with E-state index in [9.17, 15) is 0 Å². The summed E-state index contributed by atoms with van der Waals surface area (Å²) in [5.74, 6) is 10.5. The van der Waals surface area contributed by atoms with Crippen molar-refractivity contribution in [1.82, 2.24) is 0 Å². The summed E-state index contributed by atoms with van der Waals surface area (Å²) in [5.41, 5.74) is 23.0. The van der Waals surface area contributed by atoms with Crippen molar-refractivity contribution in [2.75, 3.05) is 14.2 Å². The van der Waals surface area contributed by atoms with Gasteiger partial charge in [-0.3, -0.25) is 0 Å². The molecule has 0 aliphatic heterocycles. The summed E-state index contributed by atoms with van der Waals surface area (Å²) in [6.07, 6.45) is 18.1. The molecule has 8 aliphatic rings. The van der Waals surface area contributed by atoms with Gasteiger partial charge in [0.25, 0.3) is 0 Å². The van der Waals surface area contributed by atoms with E-state index in [1.807, 2.05) is 21.0 Å². The Balaban J connectivity index is 0.000000205. The third kappa shape index (κ3) is 11.8. The molecule has 8 fully saturated rings. The molecule has 8 saturated carbocycles. The van der Waals surface area contributed by atoms with Crippen LogP contribution in [0.25, 0.3) is 44.5 Å². The second kappa shape index (κ2) is 25.7. The normalized spacial score (nSPS) is 25.0. The number of ether oxygens (including phenoxy) is 2. The number of rotatable bonds is 15. The van der Waals surface area contributed by atoms with Crippen LogP contribution >= 0.6 is 30.5 Å². The summed E-state index contributed by atoms with van der Waals surface area (Å²) in [5, 5.41) is 2.66. The quantitative estimate of drug-likeness (QED) is 0.0754. The number of methoxy groups -OCH3 is 2. The summed E-state index contributed by atoms with van der Waals surface area (Å²) >= 11 is 2.46. The van der Waals surface area contributed by atoms with E-state index in [2.05, 4.69) is 217 Å². The Morgan fingerprint density at radius 3 is 1.04 bits per heavy atom. The topological polar surface area (TPSA) is 18.5 Å². The van der Waals surface area contributed by atoms with Gasteiger partial charge in [0, 0.05) is 5.30 Å². The summed E-state index contributed by atoms with van der Waals surface area (Å²) in [7, 11) is 3.32. The second-order valence-electron chi connectivity index (χ2n) is 29.4. The number of hydrogen-bond acceptors (Lipinski definition) is 2. The molecule has 0 atom stereocenters. The second-order valence-corrected chi connectivity index (χ2v) is 33.5. The Bertz CT molecular complexity index is 3170. The summed E-state index contributed by atoms with van der Waals surface area (Å²) in [6.45, 7) is 37.1. The lowest BCUT2D eigenvalue weighted by molar-refractivity contribution is 0.0195. The van der Waals surface area contributed by atoms with E-state index in [4.69, 9.17) is 9.47 Å². The van der Waals surface area contributed by atoms with Crippen LogP contribution in [0.2, 0.25) is 0 Å². The molecule has 0 spiro atoms. The number of hydrogen-bond donors (Lipinski definition) is 0. The first-order chi connectivity index (χ1) is 40.1. The Morgan fingerprint density at radius 2 is 0.714 bits per heavy atom. The van der Waals surface area contributed by atoms with E-state index in [-0.39, 0.29) is 0 Å². The first-order valence-electron chi connectivity index (χ1n) is 33.5. The third-order valence-electron chi connectivity index (χ3n) is 21.2. The zero-order valence-corrected chi connectivity index (χ0v) is 58.3. The Hall–Kier alpha value is -3.92. The summed E-state index contributed by atoms with van der Waals surface area (Å²) < 4.78 is 13.7. The van der Waals surface area contributed by atoms with E-state index in [1.165, 1.54) is 153 Å². The maximum absolute atomic E-state index is 6.79. The van der Waals surface area contributed by atoms with Crippen molar-refractivity contribution in [2.45, 2.75) is 234 Å². The van der Waals surface area contributed by atoms with Crippen molar-refractivity contribution < 1.29 is 9.47 Å². The van der Waals surface area contributed by atoms with Gasteiger partial charge in [-0.1, -0.05) is 190 Å². The SMILES string of the molecule is CC.COc1cc(C)cc(-c2c(C(C)C)cc(C(C)C)c(-c3ccccc3)c2C(C)C)c1I.COc1cc(C)cc(-c2c(C(C)C)cc(C(C)C)c(-c3ccccc3)c2C(C)C)c1P(C12CC3CC(CC(C3)C1)C2)C12CC3CC(CC(C3)C1)C2. The first kappa shape index (κ1) is 63.1. The van der Waals surface area contributed by atoms with Crippen molar-refractivity contribution in [3.63, 3.8) is 0 Å². The first-order valence-corrected chi connectivity index (χ1v) is 35.9. The van der Waals surface area contributed by atoms with Crippen LogP contribution in [0.1, 0.15) is 254 Å². The Kier molecular flexibility index (Phi) is 19.3. The molecule has 0 N–H and O–H groups in total. The molecular formula is C80H106IO2P. The lowest BCUT2D eigenvalue weighted by atomic mass is 9.55. The fourth-order valence-corrected chi connectivity index (χ4v) is 25.2. The largest absolute Gasteiger partial charge is 0.496 e. The zero-order chi connectivity index (χ0) is 60.3. The van der Waals surface area contributed by atoms with Crippen LogP contribution in [0.5, 0.6) is 11.5 Å². The zero-order valence-electron chi connectivity index (χ0n) is 55.3. The van der Waals surface area contributed by atoms with Gasteiger partial charge >= 0.3 is 0 Å². The van der Waals surface area contributed by atoms with Gasteiger partial charge in [-0.15, -0.1) is 0 Å². The molecule has 0 saturated heterocycles. The highest BCUT2D eigenvalue weighted by molar-refractivity contribution is 14.1. The molecule has 2 nitrogen and oxygen atoms in total. The lowest BCUT2D eigenvalue weighted by Gasteiger charge is -2.67. The van der Waals surface area contributed by atoms with Gasteiger partial charge in [0.1, 0.15) is 11.5 Å². The minimum Gasteiger partial charge on any atom is -0.496 e. The van der Waals surface area contributed by atoms with Gasteiger partial charge < -0.3 is 9.47 Å². The molecule has 4 heteroatoms. The lowest BCUT2D eigenvalue weighted by Crippen LogP contribution is -2.58. The molecule has 6 aromatic carbocycles. The van der Waals surface area contributed by atoms with Crippen molar-refractivity contribution >= 4 is 35.8 Å². The molecule has 450 valence electrons. The summed E-state index contributed by atoms with van der Waals surface area (Å²) in [4.78, 5) is 0. The van der Waals surface area contributed by atoms with E-state index in [0.29, 0.717) is 45.8 Å². The minimum absolute atomic E-state index is 0.392. The van der Waals surface area contributed by atoms with Crippen LogP contribution < -0.4 is 14.8 Å². The van der Waals surface area contributed by atoms with Crippen LogP contribution in [0.4, 0.5) is 0 Å². The molecule has 0 unspecified atom stereocenters. The molecule has 0 radical (unpaired) electrons. The molecule has 84 heavy (non-hydrogen) atoms. The predicted octanol–water partition coefficient (Wildman–Crippen LogP) is 24.1. The van der Waals surface area contributed by atoms with E-state index in [1.54, 1.807) is 34.7 Å². The van der Waals surface area contributed by atoms with E-state index >= 15 is 0 Å². The molecule has 0 amide bonds. The van der Waals surface area contributed by atoms with Gasteiger partial charge in [0.05, 0.1) is 17.8 Å². The maximum atomic E-state index is 6.79. The minimum atomic E-state index is -0.460. The molecule has 8 bridgehead atoms. The fraction of sp³-hybridized carbons (Fsp3) is 0.550. The Morgan fingerprint density at radius 1 is 0.405 bits per heavy atom. The van der Waals surface area contributed by atoms with Crippen molar-refractivity contribution in [3.05, 3.63) is 145 Å². The smallest absolute Gasteiger partial charge is 0.133 e. The van der Waals surface area contributed by atoms with E-state index in [0.717, 1.165) is 41.3 Å². The van der Waals surface area contributed by atoms with Crippen LogP contribution in [-0.2, 0) is 0 Å². The van der Waals surface area contributed by atoms with E-state index < -0.39 is 7.92 Å². The summed E-state index contributed by atoms with van der Waals surface area (Å²) in [6, 6.07) is 37.1. The highest BCUT2D eigenvalue weighted by Crippen LogP contribution is 2.79. The predicted molar refractivity (Wildman–Crippen MR) is 374 cm³/mol. The maximum Gasteiger partial charge on any atom is 0.133 e. The molecular weight excluding hydrogens is 1150 g/mol. The van der Waals surface area contributed by atoms with Gasteiger partial charge in [0.15, 0.2) is 0 Å². The molecule has 8 aliphatic carbocycles. The third-order valence-corrected chi connectivity index (χ3v) is 26.2. The van der Waals surface area contributed by atoms with Gasteiger partial charge in [-0.05, 0) is 296 Å². The van der Waals surface area contributed by atoms with Crippen molar-refractivity contribution in [3.8, 4) is 56.0 Å². The average Bonchev–Trinajstić information content (AvgIpc) is 0.775. The van der Waals surface area contributed by atoms with Crippen LogP contribution in [0.3, 0.4) is 0 Å². The number of benzene rings is 6. The highest BCUT2D eigenvalue weighted by Gasteiger charge is 2.64. The fourth-order valence-electron chi connectivity index (χ4n) is 19.0. The van der Waals surface area contributed by atoms with Crippen LogP contribution in [-0.4, -0.2) is 24.5 Å². The Labute approximate surface area is 526 Å². The number of aryl methyl sites for hydroxylation is 2. The number of halogens is 1.